The molecule has 0 bridgehead atoms. The topological polar surface area (TPSA) is 55.6 Å². The number of rotatable bonds is 4. The first-order valence-corrected chi connectivity index (χ1v) is 7.78. The number of hydrogen-bond donors (Lipinski definition) is 0. The third-order valence-electron chi connectivity index (χ3n) is 4.32. The molecule has 1 fully saturated rings. The molecule has 2 aromatic rings. The highest BCUT2D eigenvalue weighted by molar-refractivity contribution is 5.36. The number of hydrogen-bond acceptors (Lipinski definition) is 4. The second kappa shape index (κ2) is 6.79. The molecule has 0 N–H and O–H groups in total. The van der Waals surface area contributed by atoms with Gasteiger partial charge >= 0.3 is 0 Å². The van der Waals surface area contributed by atoms with E-state index < -0.39 is 4.92 Å². The van der Waals surface area contributed by atoms with Crippen molar-refractivity contribution in [1.82, 2.24) is 4.90 Å². The van der Waals surface area contributed by atoms with Crippen LogP contribution in [0.4, 0.5) is 5.69 Å². The molecule has 0 radical (unpaired) electrons. The van der Waals surface area contributed by atoms with Gasteiger partial charge < -0.3 is 9.64 Å². The maximum absolute atomic E-state index is 10.7. The Morgan fingerprint density at radius 1 is 1.13 bits per heavy atom. The van der Waals surface area contributed by atoms with Crippen LogP contribution in [0.2, 0.25) is 0 Å². The zero-order valence-corrected chi connectivity index (χ0v) is 13.1. The van der Waals surface area contributed by atoms with Crippen LogP contribution in [0.25, 0.3) is 0 Å². The van der Waals surface area contributed by atoms with Crippen LogP contribution in [-0.2, 0) is 0 Å². The number of nitrogens with zero attached hydrogens (tertiary/aromatic N) is 2. The highest BCUT2D eigenvalue weighted by Gasteiger charge is 2.30. The summed E-state index contributed by atoms with van der Waals surface area (Å²) in [5, 5.41) is 10.7. The Balaban J connectivity index is 1.77. The van der Waals surface area contributed by atoms with Gasteiger partial charge in [-0.2, -0.15) is 0 Å². The van der Waals surface area contributed by atoms with Crippen molar-refractivity contribution in [3.8, 4) is 5.75 Å². The number of benzene rings is 2. The van der Waals surface area contributed by atoms with E-state index in [-0.39, 0.29) is 11.8 Å². The van der Waals surface area contributed by atoms with Crippen LogP contribution in [0.1, 0.15) is 17.9 Å². The lowest BCUT2D eigenvalue weighted by molar-refractivity contribution is -0.384. The fourth-order valence-corrected chi connectivity index (χ4v) is 3.08. The average Bonchev–Trinajstić information content (AvgIpc) is 2.58. The number of nitro benzene ring substituents is 1. The van der Waals surface area contributed by atoms with Gasteiger partial charge in [-0.25, -0.2) is 0 Å². The summed E-state index contributed by atoms with van der Waals surface area (Å²) < 4.78 is 6.16. The number of ether oxygens (including phenoxy) is 1. The Morgan fingerprint density at radius 3 is 2.48 bits per heavy atom. The summed E-state index contributed by atoms with van der Waals surface area (Å²) in [6, 6.07) is 16.7. The molecule has 1 aliphatic rings. The minimum atomic E-state index is -0.397. The maximum atomic E-state index is 10.7. The summed E-state index contributed by atoms with van der Waals surface area (Å²) in [4.78, 5) is 12.7. The highest BCUT2D eigenvalue weighted by atomic mass is 16.6. The molecule has 2 atom stereocenters. The molecular formula is C18H20N2O3. The first kappa shape index (κ1) is 15.5. The lowest BCUT2D eigenvalue weighted by Gasteiger charge is -2.37. The summed E-state index contributed by atoms with van der Waals surface area (Å²) in [7, 11) is 2.12. The molecule has 0 amide bonds. The van der Waals surface area contributed by atoms with Crippen LogP contribution >= 0.6 is 0 Å². The maximum Gasteiger partial charge on any atom is 0.269 e. The molecular weight excluding hydrogens is 292 g/mol. The van der Waals surface area contributed by atoms with Crippen molar-refractivity contribution in [2.24, 2.45) is 0 Å². The average molecular weight is 312 g/mol. The normalized spacial score (nSPS) is 21.8. The van der Waals surface area contributed by atoms with Gasteiger partial charge in [-0.3, -0.25) is 10.1 Å². The van der Waals surface area contributed by atoms with Crippen LogP contribution in [0, 0.1) is 10.1 Å². The SMILES string of the molecule is CN1CC[C@H](Oc2ccc([N+](=O)[O-])cc2)[C@H](c2ccccc2)C1. The Kier molecular flexibility index (Phi) is 4.57. The Hall–Kier alpha value is -2.40. The molecule has 1 saturated heterocycles. The van der Waals surface area contributed by atoms with Gasteiger partial charge in [-0.15, -0.1) is 0 Å². The molecule has 1 heterocycles. The van der Waals surface area contributed by atoms with Gasteiger partial charge in [0.1, 0.15) is 11.9 Å². The smallest absolute Gasteiger partial charge is 0.269 e. The third kappa shape index (κ3) is 3.68. The summed E-state index contributed by atoms with van der Waals surface area (Å²) in [6.07, 6.45) is 1.02. The van der Waals surface area contributed by atoms with E-state index >= 15 is 0 Å². The van der Waals surface area contributed by atoms with Crippen LogP contribution < -0.4 is 4.74 Å². The number of likely N-dealkylation sites (tertiary alicyclic amines) is 1. The van der Waals surface area contributed by atoms with E-state index in [9.17, 15) is 10.1 Å². The largest absolute Gasteiger partial charge is 0.490 e. The van der Waals surface area contributed by atoms with Gasteiger partial charge in [-0.05, 0) is 31.2 Å². The van der Waals surface area contributed by atoms with E-state index in [0.717, 1.165) is 19.5 Å². The lowest BCUT2D eigenvalue weighted by Crippen LogP contribution is -2.42. The van der Waals surface area contributed by atoms with Crippen molar-refractivity contribution < 1.29 is 9.66 Å². The first-order valence-electron chi connectivity index (χ1n) is 7.78. The monoisotopic (exact) mass is 312 g/mol. The molecule has 0 saturated carbocycles. The molecule has 0 unspecified atom stereocenters. The van der Waals surface area contributed by atoms with Crippen molar-refractivity contribution >= 4 is 5.69 Å². The van der Waals surface area contributed by atoms with Gasteiger partial charge in [0.05, 0.1) is 4.92 Å². The highest BCUT2D eigenvalue weighted by Crippen LogP contribution is 2.30. The van der Waals surface area contributed by atoms with Crippen molar-refractivity contribution in [2.75, 3.05) is 20.1 Å². The van der Waals surface area contributed by atoms with Crippen LogP contribution in [0.3, 0.4) is 0 Å². The molecule has 0 aliphatic carbocycles. The van der Waals surface area contributed by atoms with Crippen molar-refractivity contribution in [3.63, 3.8) is 0 Å². The van der Waals surface area contributed by atoms with Crippen molar-refractivity contribution in [1.29, 1.82) is 0 Å². The second-order valence-corrected chi connectivity index (χ2v) is 5.98. The van der Waals surface area contributed by atoms with E-state index in [4.69, 9.17) is 4.74 Å². The molecule has 120 valence electrons. The van der Waals surface area contributed by atoms with Gasteiger partial charge in [0.15, 0.2) is 0 Å². The van der Waals surface area contributed by atoms with Crippen LogP contribution in [-0.4, -0.2) is 36.1 Å². The molecule has 2 aromatic carbocycles. The zero-order chi connectivity index (χ0) is 16.2. The first-order chi connectivity index (χ1) is 11.1. The summed E-state index contributed by atoms with van der Waals surface area (Å²) in [5.41, 5.74) is 1.35. The van der Waals surface area contributed by atoms with Gasteiger partial charge in [-0.1, -0.05) is 30.3 Å². The second-order valence-electron chi connectivity index (χ2n) is 5.98. The van der Waals surface area contributed by atoms with E-state index in [2.05, 4.69) is 24.1 Å². The number of nitro groups is 1. The summed E-state index contributed by atoms with van der Waals surface area (Å²) in [5.74, 6) is 0.983. The van der Waals surface area contributed by atoms with Crippen LogP contribution in [0.15, 0.2) is 54.6 Å². The molecule has 5 nitrogen and oxygen atoms in total. The molecule has 5 heteroatoms. The quantitative estimate of drug-likeness (QED) is 0.641. The number of likely N-dealkylation sites (N-methyl/N-ethyl adjacent to an activating group) is 1. The van der Waals surface area contributed by atoms with E-state index in [1.165, 1.54) is 17.7 Å². The third-order valence-corrected chi connectivity index (χ3v) is 4.32. The van der Waals surface area contributed by atoms with Gasteiger partial charge in [0, 0.05) is 31.1 Å². The van der Waals surface area contributed by atoms with Gasteiger partial charge in [0.25, 0.3) is 5.69 Å². The summed E-state index contributed by atoms with van der Waals surface area (Å²) >= 11 is 0. The van der Waals surface area contributed by atoms with E-state index in [1.807, 2.05) is 18.2 Å². The zero-order valence-electron chi connectivity index (χ0n) is 13.1. The Bertz CT molecular complexity index is 658. The molecule has 3 rings (SSSR count). The molecule has 0 spiro atoms. The molecule has 23 heavy (non-hydrogen) atoms. The predicted octanol–water partition coefficient (Wildman–Crippen LogP) is 3.46. The number of piperidine rings is 1. The van der Waals surface area contributed by atoms with Crippen molar-refractivity contribution in [2.45, 2.75) is 18.4 Å². The van der Waals surface area contributed by atoms with E-state index in [1.54, 1.807) is 12.1 Å². The minimum absolute atomic E-state index is 0.0788. The number of non-ortho nitro benzene ring substituents is 1. The van der Waals surface area contributed by atoms with Gasteiger partial charge in [0.2, 0.25) is 0 Å². The Morgan fingerprint density at radius 2 is 1.83 bits per heavy atom. The van der Waals surface area contributed by atoms with E-state index in [0.29, 0.717) is 11.7 Å². The fourth-order valence-electron chi connectivity index (χ4n) is 3.08. The molecule has 0 aromatic heterocycles. The predicted molar refractivity (Wildman–Crippen MR) is 88.8 cm³/mol. The standard InChI is InChI=1S/C18H20N2O3/c1-19-12-11-18(17(13-19)14-5-3-2-4-6-14)23-16-9-7-15(8-10-16)20(21)22/h2-10,17-18H,11-13H2,1H3/t17-,18-/m0/s1. The molecule has 1 aliphatic heterocycles. The summed E-state index contributed by atoms with van der Waals surface area (Å²) in [6.45, 7) is 1.93. The fraction of sp³-hybridized carbons (Fsp3) is 0.333. The Labute approximate surface area is 135 Å². The lowest BCUT2D eigenvalue weighted by atomic mass is 9.88. The minimum Gasteiger partial charge on any atom is -0.490 e. The van der Waals surface area contributed by atoms with Crippen LogP contribution in [0.5, 0.6) is 5.75 Å². The van der Waals surface area contributed by atoms with Crippen molar-refractivity contribution in [3.05, 3.63) is 70.3 Å².